The molecule has 21 heavy (non-hydrogen) atoms. The summed E-state index contributed by atoms with van der Waals surface area (Å²) in [6, 6.07) is 5.64. The van der Waals surface area contributed by atoms with Crippen LogP contribution in [-0.2, 0) is 4.79 Å². The molecule has 2 aromatic rings. The number of amides is 1. The molecule has 7 nitrogen and oxygen atoms in total. The number of carbonyl (C=O) groups excluding carboxylic acids is 1. The van der Waals surface area contributed by atoms with Gasteiger partial charge < -0.3 is 19.7 Å². The summed E-state index contributed by atoms with van der Waals surface area (Å²) < 4.78 is 9.90. The van der Waals surface area contributed by atoms with Crippen molar-refractivity contribution in [2.45, 2.75) is 6.92 Å². The van der Waals surface area contributed by atoms with Crippen molar-refractivity contribution in [1.82, 2.24) is 5.16 Å². The second-order valence-corrected chi connectivity index (χ2v) is 4.52. The molecule has 0 fully saturated rings. The minimum absolute atomic E-state index is 0.0355. The van der Waals surface area contributed by atoms with Crippen molar-refractivity contribution in [3.63, 3.8) is 0 Å². The molecule has 0 aliphatic rings. The highest BCUT2D eigenvalue weighted by Crippen LogP contribution is 2.21. The van der Waals surface area contributed by atoms with E-state index in [0.717, 1.165) is 0 Å². The van der Waals surface area contributed by atoms with Gasteiger partial charge in [-0.05, 0) is 30.3 Å². The number of hydrogen-bond donors (Lipinski definition) is 2. The molecule has 2 rings (SSSR count). The summed E-state index contributed by atoms with van der Waals surface area (Å²) in [5.74, 6) is -0.791. The van der Waals surface area contributed by atoms with E-state index in [1.165, 1.54) is 18.2 Å². The number of carbonyl (C=O) groups is 2. The average molecular weight is 311 g/mol. The van der Waals surface area contributed by atoms with Gasteiger partial charge in [0, 0.05) is 11.8 Å². The summed E-state index contributed by atoms with van der Waals surface area (Å²) >= 11 is 5.80. The van der Waals surface area contributed by atoms with E-state index in [1.807, 2.05) is 0 Å². The molecule has 0 unspecified atom stereocenters. The van der Waals surface area contributed by atoms with Crippen molar-refractivity contribution in [2.75, 3.05) is 11.9 Å². The summed E-state index contributed by atoms with van der Waals surface area (Å²) in [5.41, 5.74) is 0.332. The number of rotatable bonds is 5. The molecule has 0 aliphatic heterocycles. The maximum absolute atomic E-state index is 11.7. The Labute approximate surface area is 124 Å². The zero-order valence-corrected chi connectivity index (χ0v) is 11.7. The van der Waals surface area contributed by atoms with Gasteiger partial charge in [-0.25, -0.2) is 4.79 Å². The summed E-state index contributed by atoms with van der Waals surface area (Å²) in [4.78, 5) is 22.5. The van der Waals surface area contributed by atoms with Crippen LogP contribution in [0.1, 0.15) is 16.1 Å². The first-order chi connectivity index (χ1) is 9.95. The number of aromatic carboxylic acids is 1. The quantitative estimate of drug-likeness (QED) is 0.879. The molecule has 1 aromatic carbocycles. The number of aryl methyl sites for hydroxylation is 1. The molecule has 1 amide bonds. The van der Waals surface area contributed by atoms with E-state index in [9.17, 15) is 9.59 Å². The Bertz CT molecular complexity index is 683. The van der Waals surface area contributed by atoms with Gasteiger partial charge in [0.2, 0.25) is 0 Å². The number of anilines is 1. The lowest BCUT2D eigenvalue weighted by Gasteiger charge is -2.07. The van der Waals surface area contributed by atoms with Gasteiger partial charge in [0.1, 0.15) is 5.76 Å². The second kappa shape index (κ2) is 6.27. The van der Waals surface area contributed by atoms with Gasteiger partial charge in [0.25, 0.3) is 11.8 Å². The van der Waals surface area contributed by atoms with E-state index in [1.54, 1.807) is 13.0 Å². The third kappa shape index (κ3) is 3.96. The Morgan fingerprint density at radius 3 is 2.76 bits per heavy atom. The Balaban J connectivity index is 1.93. The lowest BCUT2D eigenvalue weighted by Crippen LogP contribution is -2.20. The summed E-state index contributed by atoms with van der Waals surface area (Å²) in [6.07, 6.45) is 0. The number of ether oxygens (including phenoxy) is 1. The van der Waals surface area contributed by atoms with Crippen LogP contribution in [0.15, 0.2) is 28.8 Å². The number of halogens is 1. The third-order valence-electron chi connectivity index (χ3n) is 2.44. The molecule has 2 N–H and O–H groups in total. The molecule has 0 atom stereocenters. The molecule has 0 radical (unpaired) electrons. The van der Waals surface area contributed by atoms with Crippen LogP contribution in [0.25, 0.3) is 0 Å². The number of nitrogens with zero attached hydrogens (tertiary/aromatic N) is 1. The van der Waals surface area contributed by atoms with Gasteiger partial charge in [-0.2, -0.15) is 0 Å². The highest BCUT2D eigenvalue weighted by molar-refractivity contribution is 6.33. The third-order valence-corrected chi connectivity index (χ3v) is 2.75. The van der Waals surface area contributed by atoms with Crippen molar-refractivity contribution in [2.24, 2.45) is 0 Å². The molecule has 0 saturated carbocycles. The van der Waals surface area contributed by atoms with Crippen molar-refractivity contribution in [3.05, 3.63) is 40.6 Å². The Hall–Kier alpha value is -2.54. The number of carboxylic acids is 1. The van der Waals surface area contributed by atoms with Crippen LogP contribution in [0.2, 0.25) is 5.02 Å². The fourth-order valence-electron chi connectivity index (χ4n) is 1.51. The van der Waals surface area contributed by atoms with Crippen LogP contribution in [-0.4, -0.2) is 28.7 Å². The first-order valence-corrected chi connectivity index (χ1v) is 6.22. The van der Waals surface area contributed by atoms with Crippen LogP contribution in [0.5, 0.6) is 5.88 Å². The van der Waals surface area contributed by atoms with Crippen LogP contribution in [0.4, 0.5) is 5.69 Å². The van der Waals surface area contributed by atoms with E-state index in [0.29, 0.717) is 11.4 Å². The normalized spacial score (nSPS) is 10.2. The van der Waals surface area contributed by atoms with Gasteiger partial charge in [0.15, 0.2) is 6.61 Å². The van der Waals surface area contributed by atoms with Gasteiger partial charge in [-0.15, -0.1) is 0 Å². The standard InChI is InChI=1S/C13H11ClN2O5/c1-7-4-12(16-21-7)20-6-11(17)15-8-2-3-9(13(18)19)10(14)5-8/h2-5H,6H2,1H3,(H,15,17)(H,18,19). The largest absolute Gasteiger partial charge is 0.478 e. The summed E-state index contributed by atoms with van der Waals surface area (Å²) in [7, 11) is 0. The molecule has 0 bridgehead atoms. The topological polar surface area (TPSA) is 102 Å². The Morgan fingerprint density at radius 1 is 1.43 bits per heavy atom. The fraction of sp³-hybridized carbons (Fsp3) is 0.154. The number of aromatic nitrogens is 1. The molecule has 8 heteroatoms. The number of nitrogens with one attached hydrogen (secondary N) is 1. The van der Waals surface area contributed by atoms with E-state index in [4.69, 9.17) is 26.0 Å². The van der Waals surface area contributed by atoms with Gasteiger partial charge in [-0.1, -0.05) is 11.6 Å². The molecule has 110 valence electrons. The average Bonchev–Trinajstić information content (AvgIpc) is 2.82. The molecular formula is C13H11ClN2O5. The molecule has 0 aliphatic carbocycles. The van der Waals surface area contributed by atoms with Gasteiger partial charge >= 0.3 is 5.97 Å². The first kappa shape index (κ1) is 14.9. The van der Waals surface area contributed by atoms with Crippen molar-refractivity contribution >= 4 is 29.2 Å². The van der Waals surface area contributed by atoms with E-state index >= 15 is 0 Å². The SMILES string of the molecule is Cc1cc(OCC(=O)Nc2ccc(C(=O)O)c(Cl)c2)no1. The number of hydrogen-bond acceptors (Lipinski definition) is 5. The zero-order chi connectivity index (χ0) is 15.4. The highest BCUT2D eigenvalue weighted by atomic mass is 35.5. The predicted octanol–water partition coefficient (Wildman–Crippen LogP) is 2.35. The van der Waals surface area contributed by atoms with Crippen molar-refractivity contribution in [3.8, 4) is 5.88 Å². The zero-order valence-electron chi connectivity index (χ0n) is 10.9. The van der Waals surface area contributed by atoms with Crippen LogP contribution >= 0.6 is 11.6 Å². The molecule has 1 aromatic heterocycles. The van der Waals surface area contributed by atoms with Gasteiger partial charge in [-0.3, -0.25) is 4.79 Å². The van der Waals surface area contributed by atoms with Crippen LogP contribution in [0.3, 0.4) is 0 Å². The number of benzene rings is 1. The van der Waals surface area contributed by atoms with Gasteiger partial charge in [0.05, 0.1) is 10.6 Å². The minimum Gasteiger partial charge on any atom is -0.478 e. The fourth-order valence-corrected chi connectivity index (χ4v) is 1.78. The lowest BCUT2D eigenvalue weighted by atomic mass is 10.2. The minimum atomic E-state index is -1.14. The molecule has 0 spiro atoms. The summed E-state index contributed by atoms with van der Waals surface area (Å²) in [6.45, 7) is 1.44. The predicted molar refractivity (Wildman–Crippen MR) is 73.8 cm³/mol. The van der Waals surface area contributed by atoms with Crippen LogP contribution in [0, 0.1) is 6.92 Å². The Morgan fingerprint density at radius 2 is 2.19 bits per heavy atom. The summed E-state index contributed by atoms with van der Waals surface area (Å²) in [5, 5.41) is 15.0. The number of carboxylic acid groups (broad SMARTS) is 1. The van der Waals surface area contributed by atoms with Crippen molar-refractivity contribution < 1.29 is 24.0 Å². The Kier molecular flexibility index (Phi) is 4.44. The van der Waals surface area contributed by atoms with E-state index in [-0.39, 0.29) is 23.1 Å². The maximum Gasteiger partial charge on any atom is 0.337 e. The highest BCUT2D eigenvalue weighted by Gasteiger charge is 2.11. The lowest BCUT2D eigenvalue weighted by molar-refractivity contribution is -0.118. The van der Waals surface area contributed by atoms with E-state index < -0.39 is 11.9 Å². The van der Waals surface area contributed by atoms with Crippen molar-refractivity contribution in [1.29, 1.82) is 0 Å². The monoisotopic (exact) mass is 310 g/mol. The van der Waals surface area contributed by atoms with E-state index in [2.05, 4.69) is 10.5 Å². The maximum atomic E-state index is 11.7. The molecular weight excluding hydrogens is 300 g/mol. The molecule has 0 saturated heterocycles. The smallest absolute Gasteiger partial charge is 0.337 e. The second-order valence-electron chi connectivity index (χ2n) is 4.11. The van der Waals surface area contributed by atoms with Crippen LogP contribution < -0.4 is 10.1 Å². The molecule has 1 heterocycles. The first-order valence-electron chi connectivity index (χ1n) is 5.84.